The lowest BCUT2D eigenvalue weighted by Gasteiger charge is -2.23. The second-order valence-electron chi connectivity index (χ2n) is 2.89. The highest BCUT2D eigenvalue weighted by Gasteiger charge is 2.39. The van der Waals surface area contributed by atoms with Gasteiger partial charge in [-0.3, -0.25) is 4.79 Å². The molecule has 0 aromatic carbocycles. The molecule has 1 saturated heterocycles. The number of nitrogens with one attached hydrogen (secondary N) is 1. The van der Waals surface area contributed by atoms with Crippen molar-refractivity contribution in [2.45, 2.75) is 25.1 Å². The van der Waals surface area contributed by atoms with Crippen LogP contribution in [0.5, 0.6) is 0 Å². The van der Waals surface area contributed by atoms with Gasteiger partial charge in [-0.1, -0.05) is 0 Å². The first-order chi connectivity index (χ1) is 6.00. The van der Waals surface area contributed by atoms with Crippen molar-refractivity contribution in [1.29, 1.82) is 0 Å². The number of ether oxygens (including phenoxy) is 1. The van der Waals surface area contributed by atoms with Crippen molar-refractivity contribution in [2.75, 3.05) is 13.2 Å². The third kappa shape index (κ3) is 3.22. The van der Waals surface area contributed by atoms with E-state index in [-0.39, 0.29) is 6.61 Å². The van der Waals surface area contributed by atoms with Gasteiger partial charge in [-0.05, 0) is 12.8 Å². The molecule has 0 bridgehead atoms. The second-order valence-corrected chi connectivity index (χ2v) is 2.89. The Bertz CT molecular complexity index is 187. The van der Waals surface area contributed by atoms with Gasteiger partial charge in [-0.15, -0.1) is 0 Å². The topological polar surface area (TPSA) is 38.3 Å². The maximum absolute atomic E-state index is 11.8. The summed E-state index contributed by atoms with van der Waals surface area (Å²) in [6.07, 6.45) is -3.57. The van der Waals surface area contributed by atoms with Crippen molar-refractivity contribution >= 4 is 5.91 Å². The lowest BCUT2D eigenvalue weighted by molar-refractivity contribution is -0.175. The minimum Gasteiger partial charge on any atom is -0.379 e. The molecule has 1 aliphatic heterocycles. The predicted molar refractivity (Wildman–Crippen MR) is 38.0 cm³/mol. The normalized spacial score (nSPS) is 24.1. The van der Waals surface area contributed by atoms with E-state index in [0.717, 1.165) is 0 Å². The van der Waals surface area contributed by atoms with Crippen LogP contribution < -0.4 is 5.32 Å². The molecule has 0 unspecified atom stereocenters. The monoisotopic (exact) mass is 197 g/mol. The Morgan fingerprint density at radius 2 is 2.15 bits per heavy atom. The maximum Gasteiger partial charge on any atom is 0.471 e. The fourth-order valence-corrected chi connectivity index (χ4v) is 1.12. The van der Waals surface area contributed by atoms with Gasteiger partial charge in [0.2, 0.25) is 0 Å². The number of alkyl halides is 3. The Morgan fingerprint density at radius 3 is 2.62 bits per heavy atom. The number of hydrogen-bond acceptors (Lipinski definition) is 2. The molecule has 1 rings (SSSR count). The SMILES string of the molecule is O=C(N[C@@H]1CCCOC1)C(F)(F)F. The molecule has 1 N–H and O–H groups in total. The standard InChI is InChI=1S/C7H10F3NO2/c8-7(9,10)6(12)11-5-2-1-3-13-4-5/h5H,1-4H2,(H,11,12)/t5-/m1/s1. The molecule has 0 aromatic heterocycles. The molecule has 0 aromatic rings. The number of carbonyl (C=O) groups excluding carboxylic acids is 1. The predicted octanol–water partition coefficient (Wildman–Crippen LogP) is 0.844. The van der Waals surface area contributed by atoms with Gasteiger partial charge in [0.25, 0.3) is 0 Å². The van der Waals surface area contributed by atoms with E-state index in [4.69, 9.17) is 4.74 Å². The zero-order valence-corrected chi connectivity index (χ0v) is 6.86. The highest BCUT2D eigenvalue weighted by atomic mass is 19.4. The molecule has 1 amide bonds. The number of halogens is 3. The number of carbonyl (C=O) groups is 1. The number of hydrogen-bond donors (Lipinski definition) is 1. The summed E-state index contributed by atoms with van der Waals surface area (Å²) >= 11 is 0. The molecule has 0 saturated carbocycles. The molecule has 1 heterocycles. The molecule has 1 atom stereocenters. The van der Waals surface area contributed by atoms with Crippen LogP contribution >= 0.6 is 0 Å². The minimum absolute atomic E-state index is 0.168. The van der Waals surface area contributed by atoms with Gasteiger partial charge in [0.1, 0.15) is 0 Å². The Kier molecular flexibility index (Phi) is 3.13. The van der Waals surface area contributed by atoms with E-state index in [9.17, 15) is 18.0 Å². The van der Waals surface area contributed by atoms with Crippen LogP contribution in [0.2, 0.25) is 0 Å². The molecular formula is C7H10F3NO2. The summed E-state index contributed by atoms with van der Waals surface area (Å²) in [6, 6.07) is -0.497. The van der Waals surface area contributed by atoms with Crippen LogP contribution in [0.15, 0.2) is 0 Å². The quantitative estimate of drug-likeness (QED) is 0.676. The van der Waals surface area contributed by atoms with Gasteiger partial charge in [0.15, 0.2) is 0 Å². The van der Waals surface area contributed by atoms with E-state index in [0.29, 0.717) is 19.4 Å². The zero-order chi connectivity index (χ0) is 9.90. The van der Waals surface area contributed by atoms with Crippen molar-refractivity contribution in [3.63, 3.8) is 0 Å². The summed E-state index contributed by atoms with van der Waals surface area (Å²) in [5, 5.41) is 1.87. The van der Waals surface area contributed by atoms with Crippen LogP contribution in [0.25, 0.3) is 0 Å². The second kappa shape index (κ2) is 3.95. The van der Waals surface area contributed by atoms with Gasteiger partial charge >= 0.3 is 12.1 Å². The van der Waals surface area contributed by atoms with Gasteiger partial charge < -0.3 is 10.1 Å². The van der Waals surface area contributed by atoms with E-state index in [1.807, 2.05) is 5.32 Å². The van der Waals surface area contributed by atoms with Crippen LogP contribution in [-0.2, 0) is 9.53 Å². The van der Waals surface area contributed by atoms with E-state index < -0.39 is 18.1 Å². The van der Waals surface area contributed by atoms with Crippen molar-refractivity contribution in [3.05, 3.63) is 0 Å². The largest absolute Gasteiger partial charge is 0.471 e. The van der Waals surface area contributed by atoms with Crippen molar-refractivity contribution in [3.8, 4) is 0 Å². The van der Waals surface area contributed by atoms with Gasteiger partial charge in [0.05, 0.1) is 12.6 Å². The highest BCUT2D eigenvalue weighted by molar-refractivity contribution is 5.81. The Labute approximate surface area is 73.2 Å². The first-order valence-electron chi connectivity index (χ1n) is 3.95. The summed E-state index contributed by atoms with van der Waals surface area (Å²) in [5.74, 6) is -1.89. The number of amides is 1. The minimum atomic E-state index is -4.79. The number of rotatable bonds is 1. The van der Waals surface area contributed by atoms with Crippen molar-refractivity contribution in [2.24, 2.45) is 0 Å². The maximum atomic E-state index is 11.8. The van der Waals surface area contributed by atoms with E-state index in [1.165, 1.54) is 0 Å². The average Bonchev–Trinajstić information content (AvgIpc) is 2.04. The van der Waals surface area contributed by atoms with E-state index >= 15 is 0 Å². The smallest absolute Gasteiger partial charge is 0.379 e. The molecule has 76 valence electrons. The summed E-state index contributed by atoms with van der Waals surface area (Å²) in [7, 11) is 0. The molecule has 13 heavy (non-hydrogen) atoms. The van der Waals surface area contributed by atoms with Crippen molar-refractivity contribution in [1.82, 2.24) is 5.32 Å². The third-order valence-electron chi connectivity index (χ3n) is 1.75. The molecular weight excluding hydrogens is 187 g/mol. The van der Waals surface area contributed by atoms with Gasteiger partial charge in [-0.25, -0.2) is 0 Å². The summed E-state index contributed by atoms with van der Waals surface area (Å²) < 4.78 is 40.2. The Balaban J connectivity index is 2.35. The molecule has 3 nitrogen and oxygen atoms in total. The van der Waals surface area contributed by atoms with Crippen molar-refractivity contribution < 1.29 is 22.7 Å². The molecule has 0 spiro atoms. The molecule has 0 aliphatic carbocycles. The Morgan fingerprint density at radius 1 is 1.46 bits per heavy atom. The third-order valence-corrected chi connectivity index (χ3v) is 1.75. The average molecular weight is 197 g/mol. The van der Waals surface area contributed by atoms with Gasteiger partial charge in [0, 0.05) is 6.61 Å². The molecule has 1 fully saturated rings. The van der Waals surface area contributed by atoms with Crippen LogP contribution in [0.3, 0.4) is 0 Å². The summed E-state index contributed by atoms with van der Waals surface area (Å²) in [5.41, 5.74) is 0. The highest BCUT2D eigenvalue weighted by Crippen LogP contribution is 2.15. The van der Waals surface area contributed by atoms with E-state index in [2.05, 4.69) is 0 Å². The summed E-state index contributed by atoms with van der Waals surface area (Å²) in [4.78, 5) is 10.4. The molecule has 0 radical (unpaired) electrons. The lowest BCUT2D eigenvalue weighted by Crippen LogP contribution is -2.46. The summed E-state index contributed by atoms with van der Waals surface area (Å²) in [6.45, 7) is 0.722. The molecule has 1 aliphatic rings. The zero-order valence-electron chi connectivity index (χ0n) is 6.86. The van der Waals surface area contributed by atoms with Gasteiger partial charge in [-0.2, -0.15) is 13.2 Å². The first kappa shape index (κ1) is 10.3. The van der Waals surface area contributed by atoms with Crippen LogP contribution in [-0.4, -0.2) is 31.3 Å². The Hall–Kier alpha value is -0.780. The van der Waals surface area contributed by atoms with Crippen LogP contribution in [0.4, 0.5) is 13.2 Å². The first-order valence-corrected chi connectivity index (χ1v) is 3.95. The molecule has 6 heteroatoms. The fraction of sp³-hybridized carbons (Fsp3) is 0.857. The fourth-order valence-electron chi connectivity index (χ4n) is 1.12. The lowest BCUT2D eigenvalue weighted by atomic mass is 10.1. The van der Waals surface area contributed by atoms with Crippen LogP contribution in [0, 0.1) is 0 Å². The van der Waals surface area contributed by atoms with Crippen LogP contribution in [0.1, 0.15) is 12.8 Å². The van der Waals surface area contributed by atoms with E-state index in [1.54, 1.807) is 0 Å².